The molecule has 0 atom stereocenters. The number of hydrogen-bond donors (Lipinski definition) is 0. The Labute approximate surface area is 121 Å². The van der Waals surface area contributed by atoms with Gasteiger partial charge in [-0.3, -0.25) is 0 Å². The van der Waals surface area contributed by atoms with Crippen molar-refractivity contribution < 1.29 is 0 Å². The molecule has 0 saturated carbocycles. The zero-order valence-corrected chi connectivity index (χ0v) is 16.4. The molecule has 8 heteroatoms. The lowest BCUT2D eigenvalue weighted by atomic mass is 11.2. The lowest BCUT2D eigenvalue weighted by Crippen LogP contribution is -2.33. The summed E-state index contributed by atoms with van der Waals surface area (Å²) in [6.45, 7) is 2.26. The summed E-state index contributed by atoms with van der Waals surface area (Å²) in [6.07, 6.45) is 0. The Morgan fingerprint density at radius 3 is 1.05 bits per heavy atom. The normalized spacial score (nSPS) is 14.3. The molecule has 0 spiro atoms. The van der Waals surface area contributed by atoms with Crippen molar-refractivity contribution in [3.63, 3.8) is 0 Å². The van der Waals surface area contributed by atoms with Crippen molar-refractivity contribution in [2.24, 2.45) is 4.52 Å². The minimum Gasteiger partial charge on any atom is -0.249 e. The second kappa shape index (κ2) is 6.95. The Balaban J connectivity index is 6.20. The molecule has 6 nitrogen and oxygen atoms in total. The van der Waals surface area contributed by atoms with E-state index in [9.17, 15) is 0 Å². The minimum atomic E-state index is -1.85. The molecule has 0 heterocycles. The lowest BCUT2D eigenvalue weighted by Gasteiger charge is -2.42. The van der Waals surface area contributed by atoms with Crippen LogP contribution in [0.1, 0.15) is 0 Å². The topological polar surface area (TPSA) is 28.6 Å². The molecule has 0 amide bonds. The van der Waals surface area contributed by atoms with Crippen molar-refractivity contribution in [3.05, 3.63) is 0 Å². The first-order valence-corrected chi connectivity index (χ1v) is 10.0. The van der Waals surface area contributed by atoms with Crippen LogP contribution in [0.2, 0.25) is 0 Å². The van der Waals surface area contributed by atoms with E-state index in [4.69, 9.17) is 4.52 Å². The quantitative estimate of drug-likeness (QED) is 0.701. The molecule has 0 aliphatic rings. The van der Waals surface area contributed by atoms with Gasteiger partial charge in [0.15, 0.2) is 0 Å². The van der Waals surface area contributed by atoms with Crippen LogP contribution in [0.15, 0.2) is 4.52 Å². The van der Waals surface area contributed by atoms with E-state index in [-0.39, 0.29) is 0 Å². The molecule has 116 valence electrons. The third kappa shape index (κ3) is 3.76. The summed E-state index contributed by atoms with van der Waals surface area (Å²) >= 11 is 0. The van der Waals surface area contributed by atoms with Crippen LogP contribution in [0, 0.1) is 0 Å². The van der Waals surface area contributed by atoms with Crippen LogP contribution in [0.4, 0.5) is 0 Å². The molecule has 0 bridgehead atoms. The Kier molecular flexibility index (Phi) is 7.12. The summed E-state index contributed by atoms with van der Waals surface area (Å²) in [7, 11) is 17.6. The molecule has 0 unspecified atom stereocenters. The van der Waals surface area contributed by atoms with Gasteiger partial charge in [0.2, 0.25) is 7.51 Å². The summed E-state index contributed by atoms with van der Waals surface area (Å²) in [4.78, 5) is 0. The minimum absolute atomic E-state index is 1.68. The first kappa shape index (κ1) is 19.5. The molecular formula is C11H33N6P2+. The predicted octanol–water partition coefficient (Wildman–Crippen LogP) is 2.13. The van der Waals surface area contributed by atoms with Crippen molar-refractivity contribution in [2.45, 2.75) is 0 Å². The highest BCUT2D eigenvalue weighted by Crippen LogP contribution is 2.70. The van der Waals surface area contributed by atoms with Crippen molar-refractivity contribution >= 4 is 15.2 Å². The maximum atomic E-state index is 5.39. The Bertz CT molecular complexity index is 302. The smallest absolute Gasteiger partial charge is 0.249 e. The molecule has 0 radical (unpaired) electrons. The fourth-order valence-electron chi connectivity index (χ4n) is 2.06. The van der Waals surface area contributed by atoms with E-state index in [2.05, 4.69) is 100 Å². The first-order valence-electron chi connectivity index (χ1n) is 6.32. The van der Waals surface area contributed by atoms with Gasteiger partial charge in [-0.2, -0.15) is 0 Å². The molecule has 0 aromatic rings. The molecule has 0 rings (SSSR count). The van der Waals surface area contributed by atoms with Crippen molar-refractivity contribution in [1.82, 2.24) is 23.4 Å². The standard InChI is InChI=1S/C11H33N6P2/c1-13(2)18(11,14(3)4)12-19(15(5)6,16(7)8)17(9)10/h1-11H3/q+1. The van der Waals surface area contributed by atoms with Gasteiger partial charge < -0.3 is 0 Å². The Hall–Kier alpha value is 0.460. The van der Waals surface area contributed by atoms with Gasteiger partial charge in [-0.25, -0.2) is 14.0 Å². The highest BCUT2D eigenvalue weighted by molar-refractivity contribution is 7.76. The average molecular weight is 311 g/mol. The van der Waals surface area contributed by atoms with E-state index < -0.39 is 15.2 Å². The van der Waals surface area contributed by atoms with Crippen LogP contribution < -0.4 is 0 Å². The van der Waals surface area contributed by atoms with Gasteiger partial charge in [-0.1, -0.05) is 4.52 Å². The second-order valence-corrected chi connectivity index (χ2v) is 13.3. The van der Waals surface area contributed by atoms with Crippen molar-refractivity contribution in [1.29, 1.82) is 0 Å². The third-order valence-electron chi connectivity index (χ3n) is 3.41. The molecule has 0 N–H and O–H groups in total. The zero-order valence-electron chi connectivity index (χ0n) is 14.6. The molecule has 0 fully saturated rings. The highest BCUT2D eigenvalue weighted by Gasteiger charge is 2.45. The Morgan fingerprint density at radius 2 is 0.895 bits per heavy atom. The molecule has 0 aromatic heterocycles. The molecule has 0 aliphatic carbocycles. The fraction of sp³-hybridized carbons (Fsp3) is 1.00. The largest absolute Gasteiger partial charge is 0.274 e. The Morgan fingerprint density at radius 1 is 0.632 bits per heavy atom. The summed E-state index contributed by atoms with van der Waals surface area (Å²) < 4.78 is 16.7. The SMILES string of the molecule is CN(C)P(=N[P+](C)(N(C)C)N(C)C)(N(C)C)N(C)C. The molecule has 0 aromatic carbocycles. The second-order valence-electron chi connectivity index (χ2n) is 5.73. The zero-order chi connectivity index (χ0) is 15.6. The van der Waals surface area contributed by atoms with Gasteiger partial charge in [-0.15, -0.1) is 9.34 Å². The number of nitrogens with zero attached hydrogens (tertiary/aromatic N) is 6. The van der Waals surface area contributed by atoms with Gasteiger partial charge >= 0.3 is 0 Å². The van der Waals surface area contributed by atoms with E-state index >= 15 is 0 Å². The first-order chi connectivity index (χ1) is 8.42. The summed E-state index contributed by atoms with van der Waals surface area (Å²) in [5.74, 6) is 0. The molecule has 0 aliphatic heterocycles. The van der Waals surface area contributed by atoms with Crippen LogP contribution in [0.3, 0.4) is 0 Å². The van der Waals surface area contributed by atoms with Gasteiger partial charge in [0, 0.05) is 28.2 Å². The summed E-state index contributed by atoms with van der Waals surface area (Å²) in [6, 6.07) is 0. The van der Waals surface area contributed by atoms with E-state index in [0.717, 1.165) is 0 Å². The maximum absolute atomic E-state index is 5.39. The van der Waals surface area contributed by atoms with E-state index in [1.165, 1.54) is 0 Å². The summed E-state index contributed by atoms with van der Waals surface area (Å²) in [5, 5.41) is 0. The van der Waals surface area contributed by atoms with Crippen LogP contribution in [0.25, 0.3) is 0 Å². The highest BCUT2D eigenvalue weighted by atomic mass is 31.2. The number of hydrogen-bond acceptors (Lipinski definition) is 3. The maximum Gasteiger partial charge on any atom is 0.274 e. The van der Waals surface area contributed by atoms with E-state index in [1.807, 2.05) is 0 Å². The monoisotopic (exact) mass is 311 g/mol. The van der Waals surface area contributed by atoms with E-state index in [0.29, 0.717) is 0 Å². The van der Waals surface area contributed by atoms with Crippen molar-refractivity contribution in [3.8, 4) is 0 Å². The predicted molar refractivity (Wildman–Crippen MR) is 90.6 cm³/mol. The number of rotatable bonds is 6. The third-order valence-corrected chi connectivity index (χ3v) is 12.0. The van der Waals surface area contributed by atoms with Crippen LogP contribution in [0.5, 0.6) is 0 Å². The average Bonchev–Trinajstić information content (AvgIpc) is 2.23. The molecular weight excluding hydrogens is 278 g/mol. The van der Waals surface area contributed by atoms with Gasteiger partial charge in [-0.05, 0) is 42.3 Å². The lowest BCUT2D eigenvalue weighted by molar-refractivity contribution is 0.472. The van der Waals surface area contributed by atoms with Gasteiger partial charge in [0.25, 0.3) is 7.71 Å². The van der Waals surface area contributed by atoms with Crippen LogP contribution >= 0.6 is 15.2 Å². The molecule has 0 saturated heterocycles. The van der Waals surface area contributed by atoms with Crippen LogP contribution in [-0.4, -0.2) is 100 Å². The van der Waals surface area contributed by atoms with Gasteiger partial charge in [0.05, 0.1) is 0 Å². The fourth-order valence-corrected chi connectivity index (χ4v) is 9.94. The molecule has 19 heavy (non-hydrogen) atoms. The van der Waals surface area contributed by atoms with E-state index in [1.54, 1.807) is 0 Å². The van der Waals surface area contributed by atoms with Crippen LogP contribution in [-0.2, 0) is 0 Å². The van der Waals surface area contributed by atoms with Crippen molar-refractivity contribution in [2.75, 3.05) is 77.1 Å². The summed E-state index contributed by atoms with van der Waals surface area (Å²) in [5.41, 5.74) is 0. The van der Waals surface area contributed by atoms with Gasteiger partial charge in [0.1, 0.15) is 6.66 Å².